The Morgan fingerprint density at radius 2 is 1.94 bits per heavy atom. The van der Waals surface area contributed by atoms with E-state index in [0.29, 0.717) is 6.54 Å². The standard InChI is InChI=1S/C13H20N2O2/c1-10(9-14-13(17)11(2)16)15(3)12-7-5-4-6-8-12/h4-8,10-11,16H,9H2,1-3H3,(H,14,17). The van der Waals surface area contributed by atoms with Gasteiger partial charge in [0, 0.05) is 25.3 Å². The van der Waals surface area contributed by atoms with Crippen LogP contribution in [0, 0.1) is 0 Å². The Morgan fingerprint density at radius 3 is 2.47 bits per heavy atom. The summed E-state index contributed by atoms with van der Waals surface area (Å²) in [5.41, 5.74) is 1.10. The van der Waals surface area contributed by atoms with E-state index in [0.717, 1.165) is 5.69 Å². The van der Waals surface area contributed by atoms with E-state index in [1.54, 1.807) is 0 Å². The highest BCUT2D eigenvalue weighted by atomic mass is 16.3. The van der Waals surface area contributed by atoms with Gasteiger partial charge in [-0.3, -0.25) is 4.79 Å². The maximum atomic E-state index is 11.2. The average molecular weight is 236 g/mol. The summed E-state index contributed by atoms with van der Waals surface area (Å²) in [5, 5.41) is 11.8. The molecular formula is C13H20N2O2. The van der Waals surface area contributed by atoms with E-state index in [1.165, 1.54) is 6.92 Å². The number of nitrogens with zero attached hydrogens (tertiary/aromatic N) is 1. The number of likely N-dealkylation sites (N-methyl/N-ethyl adjacent to an activating group) is 1. The normalized spacial score (nSPS) is 13.9. The zero-order chi connectivity index (χ0) is 12.8. The molecule has 0 aliphatic rings. The van der Waals surface area contributed by atoms with Gasteiger partial charge in [0.2, 0.25) is 5.91 Å². The van der Waals surface area contributed by atoms with Crippen LogP contribution < -0.4 is 10.2 Å². The van der Waals surface area contributed by atoms with Crippen molar-refractivity contribution in [3.05, 3.63) is 30.3 Å². The first kappa shape index (κ1) is 13.5. The second kappa shape index (κ2) is 6.25. The fraction of sp³-hybridized carbons (Fsp3) is 0.462. The van der Waals surface area contributed by atoms with E-state index in [1.807, 2.05) is 44.3 Å². The lowest BCUT2D eigenvalue weighted by molar-refractivity contribution is -0.128. The lowest BCUT2D eigenvalue weighted by Gasteiger charge is -2.27. The minimum Gasteiger partial charge on any atom is -0.384 e. The smallest absolute Gasteiger partial charge is 0.248 e. The molecule has 0 aliphatic carbocycles. The summed E-state index contributed by atoms with van der Waals surface area (Å²) in [6.07, 6.45) is -0.954. The van der Waals surface area contributed by atoms with Crippen molar-refractivity contribution in [2.45, 2.75) is 26.0 Å². The minimum atomic E-state index is -0.954. The number of amides is 1. The number of anilines is 1. The van der Waals surface area contributed by atoms with E-state index >= 15 is 0 Å². The van der Waals surface area contributed by atoms with Crippen molar-refractivity contribution in [2.75, 3.05) is 18.5 Å². The Kier molecular flexibility index (Phi) is 4.97. The van der Waals surface area contributed by atoms with Gasteiger partial charge in [0.05, 0.1) is 0 Å². The van der Waals surface area contributed by atoms with Gasteiger partial charge in [0.15, 0.2) is 0 Å². The van der Waals surface area contributed by atoms with Crippen molar-refractivity contribution in [1.29, 1.82) is 0 Å². The highest BCUT2D eigenvalue weighted by molar-refractivity contribution is 5.80. The van der Waals surface area contributed by atoms with Crippen LogP contribution in [0.25, 0.3) is 0 Å². The van der Waals surface area contributed by atoms with Gasteiger partial charge in [-0.05, 0) is 26.0 Å². The van der Waals surface area contributed by atoms with Gasteiger partial charge < -0.3 is 15.3 Å². The van der Waals surface area contributed by atoms with Gasteiger partial charge in [0.25, 0.3) is 0 Å². The van der Waals surface area contributed by atoms with Gasteiger partial charge in [-0.2, -0.15) is 0 Å². The van der Waals surface area contributed by atoms with E-state index in [4.69, 9.17) is 5.11 Å². The number of carbonyl (C=O) groups is 1. The van der Waals surface area contributed by atoms with Crippen LogP contribution >= 0.6 is 0 Å². The van der Waals surface area contributed by atoms with Gasteiger partial charge >= 0.3 is 0 Å². The zero-order valence-corrected chi connectivity index (χ0v) is 10.6. The number of hydrogen-bond acceptors (Lipinski definition) is 3. The molecule has 0 fully saturated rings. The van der Waals surface area contributed by atoms with Crippen molar-refractivity contribution in [1.82, 2.24) is 5.32 Å². The van der Waals surface area contributed by atoms with Crippen LogP contribution in [0.1, 0.15) is 13.8 Å². The monoisotopic (exact) mass is 236 g/mol. The maximum absolute atomic E-state index is 11.2. The number of rotatable bonds is 5. The summed E-state index contributed by atoms with van der Waals surface area (Å²) in [7, 11) is 1.98. The summed E-state index contributed by atoms with van der Waals surface area (Å²) < 4.78 is 0. The topological polar surface area (TPSA) is 52.6 Å². The number of aliphatic hydroxyl groups is 1. The Labute approximate surface area is 102 Å². The SMILES string of the molecule is CC(O)C(=O)NCC(C)N(C)c1ccccc1. The fourth-order valence-electron chi connectivity index (χ4n) is 1.45. The summed E-state index contributed by atoms with van der Waals surface area (Å²) >= 11 is 0. The molecule has 0 aromatic heterocycles. The molecule has 94 valence electrons. The Hall–Kier alpha value is -1.55. The maximum Gasteiger partial charge on any atom is 0.248 e. The molecule has 0 aliphatic heterocycles. The molecule has 4 heteroatoms. The summed E-state index contributed by atoms with van der Waals surface area (Å²) in [5.74, 6) is -0.335. The molecule has 2 atom stereocenters. The first-order chi connectivity index (χ1) is 8.02. The second-order valence-corrected chi connectivity index (χ2v) is 4.22. The molecule has 1 aromatic carbocycles. The molecule has 0 bridgehead atoms. The minimum absolute atomic E-state index is 0.167. The Bertz CT molecular complexity index is 352. The van der Waals surface area contributed by atoms with Crippen LogP contribution in [-0.2, 0) is 4.79 Å². The number of nitrogens with one attached hydrogen (secondary N) is 1. The van der Waals surface area contributed by atoms with Crippen LogP contribution in [0.2, 0.25) is 0 Å². The third kappa shape index (κ3) is 4.07. The zero-order valence-electron chi connectivity index (χ0n) is 10.6. The van der Waals surface area contributed by atoms with Crippen LogP contribution in [0.3, 0.4) is 0 Å². The molecule has 1 rings (SSSR count). The van der Waals surface area contributed by atoms with Gasteiger partial charge in [-0.1, -0.05) is 18.2 Å². The average Bonchev–Trinajstić information content (AvgIpc) is 2.35. The van der Waals surface area contributed by atoms with Crippen molar-refractivity contribution < 1.29 is 9.90 Å². The third-order valence-electron chi connectivity index (χ3n) is 2.78. The number of aliphatic hydroxyl groups excluding tert-OH is 1. The predicted molar refractivity (Wildman–Crippen MR) is 69.0 cm³/mol. The number of carbonyl (C=O) groups excluding carboxylic acids is 1. The van der Waals surface area contributed by atoms with Crippen LogP contribution in [0.15, 0.2) is 30.3 Å². The Balaban J connectivity index is 2.48. The summed E-state index contributed by atoms with van der Waals surface area (Å²) in [6.45, 7) is 3.99. The number of benzene rings is 1. The van der Waals surface area contributed by atoms with Crippen molar-refractivity contribution in [3.8, 4) is 0 Å². The molecule has 17 heavy (non-hydrogen) atoms. The predicted octanol–water partition coefficient (Wildman–Crippen LogP) is 1.01. The number of para-hydroxylation sites is 1. The van der Waals surface area contributed by atoms with E-state index < -0.39 is 6.10 Å². The first-order valence-electron chi connectivity index (χ1n) is 5.76. The third-order valence-corrected chi connectivity index (χ3v) is 2.78. The van der Waals surface area contributed by atoms with E-state index in [2.05, 4.69) is 10.2 Å². The molecule has 0 spiro atoms. The molecule has 1 amide bonds. The Morgan fingerprint density at radius 1 is 1.35 bits per heavy atom. The number of hydrogen-bond donors (Lipinski definition) is 2. The van der Waals surface area contributed by atoms with Gasteiger partial charge in [-0.25, -0.2) is 0 Å². The molecule has 0 saturated carbocycles. The molecule has 0 heterocycles. The van der Waals surface area contributed by atoms with E-state index in [-0.39, 0.29) is 11.9 Å². The summed E-state index contributed by atoms with van der Waals surface area (Å²) in [4.78, 5) is 13.3. The second-order valence-electron chi connectivity index (χ2n) is 4.22. The largest absolute Gasteiger partial charge is 0.384 e. The van der Waals surface area contributed by atoms with Crippen LogP contribution in [0.5, 0.6) is 0 Å². The highest BCUT2D eigenvalue weighted by Gasteiger charge is 2.13. The van der Waals surface area contributed by atoms with Gasteiger partial charge in [-0.15, -0.1) is 0 Å². The van der Waals surface area contributed by atoms with Crippen molar-refractivity contribution >= 4 is 11.6 Å². The quantitative estimate of drug-likeness (QED) is 0.802. The lowest BCUT2D eigenvalue weighted by atomic mass is 10.2. The van der Waals surface area contributed by atoms with Gasteiger partial charge in [0.1, 0.15) is 6.10 Å². The van der Waals surface area contributed by atoms with Crippen molar-refractivity contribution in [3.63, 3.8) is 0 Å². The molecule has 0 radical (unpaired) electrons. The lowest BCUT2D eigenvalue weighted by Crippen LogP contribution is -2.43. The van der Waals surface area contributed by atoms with E-state index in [9.17, 15) is 4.79 Å². The molecule has 1 aromatic rings. The molecule has 2 N–H and O–H groups in total. The molecule has 4 nitrogen and oxygen atoms in total. The first-order valence-corrected chi connectivity index (χ1v) is 5.76. The fourth-order valence-corrected chi connectivity index (χ4v) is 1.45. The highest BCUT2D eigenvalue weighted by Crippen LogP contribution is 2.13. The molecule has 2 unspecified atom stereocenters. The van der Waals surface area contributed by atoms with Crippen LogP contribution in [0.4, 0.5) is 5.69 Å². The summed E-state index contributed by atoms with van der Waals surface area (Å²) in [6, 6.07) is 10.1. The molecule has 0 saturated heterocycles. The van der Waals surface area contributed by atoms with Crippen molar-refractivity contribution in [2.24, 2.45) is 0 Å². The molecular weight excluding hydrogens is 216 g/mol. The van der Waals surface area contributed by atoms with Crippen LogP contribution in [-0.4, -0.2) is 36.8 Å².